The maximum absolute atomic E-state index is 8.58. The Kier molecular flexibility index (Phi) is 36.5. The Morgan fingerprint density at radius 2 is 0.538 bits per heavy atom. The zero-order valence-corrected chi connectivity index (χ0v) is 12.3. The number of hydrogen-bond donors (Lipinski definition) is 0. The molecule has 0 amide bonds. The molecule has 0 saturated carbocycles. The molecular weight excluding hydrogens is 384 g/mol. The van der Waals surface area contributed by atoms with E-state index in [-0.39, 0.29) is 21.1 Å². The van der Waals surface area contributed by atoms with E-state index in [1.807, 2.05) is 0 Å². The summed E-state index contributed by atoms with van der Waals surface area (Å²) >= 11 is -12.2. The van der Waals surface area contributed by atoms with Crippen LogP contribution in [0.4, 0.5) is 0 Å². The summed E-state index contributed by atoms with van der Waals surface area (Å²) in [6.07, 6.45) is 0. The van der Waals surface area contributed by atoms with Gasteiger partial charge < -0.3 is 0 Å². The van der Waals surface area contributed by atoms with Crippen molar-refractivity contribution in [2.45, 2.75) is 0 Å². The fraction of sp³-hybridized carbons (Fsp3) is 0. The number of rotatable bonds is 0. The molecule has 0 aromatic rings. The van der Waals surface area contributed by atoms with Crippen LogP contribution in [0.1, 0.15) is 0 Å². The summed E-state index contributed by atoms with van der Waals surface area (Å²) in [5.41, 5.74) is 0. The van der Waals surface area contributed by atoms with Gasteiger partial charge in [-0.25, -0.2) is 0 Å². The summed E-state index contributed by atoms with van der Waals surface area (Å²) < 4.78 is 77.2. The average molecular weight is 384 g/mol. The van der Waals surface area contributed by atoms with Crippen LogP contribution in [0.5, 0.6) is 0 Å². The van der Waals surface area contributed by atoms with Gasteiger partial charge in [0, 0.05) is 0 Å². The number of hydrogen-bond acceptors (Lipinski definition) is 9. The van der Waals surface area contributed by atoms with Gasteiger partial charge in [0.25, 0.3) is 0 Å². The molecule has 0 aromatic heterocycles. The first-order chi connectivity index (χ1) is 5.20. The van der Waals surface area contributed by atoms with Crippen molar-refractivity contribution in [1.82, 2.24) is 0 Å². The molecule has 0 radical (unpaired) electrons. The second-order valence-corrected chi connectivity index (χ2v) is 3.09. The molecule has 0 atom stereocenters. The predicted molar refractivity (Wildman–Crippen MR) is 2.06 cm³/mol. The zero-order chi connectivity index (χ0) is 10.7. The first-order valence-corrected chi connectivity index (χ1v) is 7.57. The van der Waals surface area contributed by atoms with Gasteiger partial charge in [-0.05, 0) is 0 Å². The van der Waals surface area contributed by atoms with E-state index >= 15 is 0 Å². The van der Waals surface area contributed by atoms with Crippen LogP contribution < -0.4 is 22.1 Å². The van der Waals surface area contributed by atoms with Crippen LogP contribution >= 0.6 is 0 Å². The Labute approximate surface area is 108 Å². The Morgan fingerprint density at radius 3 is 0.538 bits per heavy atom. The van der Waals surface area contributed by atoms with Crippen molar-refractivity contribution < 1.29 is 109 Å². The van der Waals surface area contributed by atoms with Gasteiger partial charge in [-0.3, -0.25) is 0 Å². The molecule has 13 heavy (non-hydrogen) atoms. The fourth-order valence-electron chi connectivity index (χ4n) is 0. The van der Waals surface area contributed by atoms with E-state index < -0.39 is 55.8 Å². The van der Waals surface area contributed by atoms with Gasteiger partial charge in [-0.1, -0.05) is 0 Å². The fourth-order valence-corrected chi connectivity index (χ4v) is 0. The molecular formula is MoO9Ti3. The molecule has 9 nitrogen and oxygen atoms in total. The van der Waals surface area contributed by atoms with Crippen molar-refractivity contribution in [1.29, 1.82) is 0 Å². The Balaban J connectivity index is -0.0000000450. The molecule has 0 unspecified atom stereocenters. The maximum atomic E-state index is 8.58. The van der Waals surface area contributed by atoms with Crippen molar-refractivity contribution >= 4 is 0 Å². The molecule has 0 saturated heterocycles. The second-order valence-electron chi connectivity index (χ2n) is 0.750. The SMILES string of the molecule is [Mo+6].[O]=[Ti]([O-])[O-].[O]=[Ti]([O-])[O-].[O]=[Ti]([O-])[O-]. The van der Waals surface area contributed by atoms with Crippen LogP contribution in [0.15, 0.2) is 0 Å². The van der Waals surface area contributed by atoms with Gasteiger partial charge in [0.05, 0.1) is 0 Å². The molecule has 0 aromatic carbocycles. The van der Waals surface area contributed by atoms with Crippen molar-refractivity contribution in [3.8, 4) is 0 Å². The van der Waals surface area contributed by atoms with Gasteiger partial charge >= 0.3 is 109 Å². The molecule has 0 aliphatic rings. The van der Waals surface area contributed by atoms with E-state index in [9.17, 15) is 0 Å². The van der Waals surface area contributed by atoms with Crippen molar-refractivity contribution in [2.24, 2.45) is 0 Å². The molecule has 0 rings (SSSR count). The Morgan fingerprint density at radius 1 is 0.538 bits per heavy atom. The van der Waals surface area contributed by atoms with E-state index in [0.717, 1.165) is 0 Å². The quantitative estimate of drug-likeness (QED) is 0.365. The van der Waals surface area contributed by atoms with Gasteiger partial charge in [-0.2, -0.15) is 0 Å². The van der Waals surface area contributed by atoms with Crippen LogP contribution in [0.3, 0.4) is 0 Å². The van der Waals surface area contributed by atoms with Crippen LogP contribution in [-0.4, -0.2) is 0 Å². The van der Waals surface area contributed by atoms with Gasteiger partial charge in [0.15, 0.2) is 0 Å². The summed E-state index contributed by atoms with van der Waals surface area (Å²) in [6, 6.07) is 0. The van der Waals surface area contributed by atoms with Crippen LogP contribution in [0, 0.1) is 0 Å². The third kappa shape index (κ3) is 507. The molecule has 72 valence electrons. The Hall–Kier alpha value is 1.99. The van der Waals surface area contributed by atoms with Crippen molar-refractivity contribution in [2.75, 3.05) is 0 Å². The van der Waals surface area contributed by atoms with E-state index in [2.05, 4.69) is 0 Å². The van der Waals surface area contributed by atoms with E-state index in [1.54, 1.807) is 0 Å². The first-order valence-electron chi connectivity index (χ1n) is 1.84. The van der Waals surface area contributed by atoms with E-state index in [4.69, 9.17) is 32.1 Å². The predicted octanol–water partition coefficient (Wildman–Crippen LogP) is -7.50. The first kappa shape index (κ1) is 24.3. The van der Waals surface area contributed by atoms with Gasteiger partial charge in [0.2, 0.25) is 0 Å². The minimum absolute atomic E-state index is 0. The zero-order valence-electron chi connectivity index (χ0n) is 5.58. The molecule has 13 heteroatoms. The third-order valence-electron chi connectivity index (χ3n) is 0. The normalized spacial score (nSPS) is 6.00. The van der Waals surface area contributed by atoms with Crippen LogP contribution in [0.2, 0.25) is 0 Å². The summed E-state index contributed by atoms with van der Waals surface area (Å²) in [5.74, 6) is 0. The van der Waals surface area contributed by atoms with Crippen LogP contribution in [-0.2, 0) is 86.9 Å². The van der Waals surface area contributed by atoms with Crippen molar-refractivity contribution in [3.05, 3.63) is 0 Å². The van der Waals surface area contributed by atoms with Gasteiger partial charge in [-0.15, -0.1) is 0 Å². The third-order valence-corrected chi connectivity index (χ3v) is 0. The molecule has 0 N–H and O–H groups in total. The van der Waals surface area contributed by atoms with Crippen LogP contribution in [0.25, 0.3) is 0 Å². The summed E-state index contributed by atoms with van der Waals surface area (Å²) in [6.45, 7) is 0. The molecule has 0 spiro atoms. The molecule has 0 aliphatic carbocycles. The minimum atomic E-state index is -4.08. The molecule has 0 heterocycles. The Bertz CT molecular complexity index is 112. The standard InChI is InChI=1S/Mo.9O.3Ti/q+6;;;;6*-1;;;. The molecule has 0 fully saturated rings. The van der Waals surface area contributed by atoms with Gasteiger partial charge in [0.1, 0.15) is 0 Å². The topological polar surface area (TPSA) is 190 Å². The molecule has 0 aliphatic heterocycles. The summed E-state index contributed by atoms with van der Waals surface area (Å²) in [7, 11) is 0. The second kappa shape index (κ2) is 19.5. The summed E-state index contributed by atoms with van der Waals surface area (Å²) in [4.78, 5) is 0. The van der Waals surface area contributed by atoms with E-state index in [1.165, 1.54) is 0 Å². The van der Waals surface area contributed by atoms with Crippen molar-refractivity contribution in [3.63, 3.8) is 0 Å². The average Bonchev–Trinajstić information content (AvgIpc) is 1.54. The monoisotopic (exact) mass is 386 g/mol. The molecule has 0 bridgehead atoms. The summed E-state index contributed by atoms with van der Waals surface area (Å²) in [5, 5.41) is 0. The van der Waals surface area contributed by atoms with E-state index in [0.29, 0.717) is 0 Å².